The fourth-order valence-electron chi connectivity index (χ4n) is 4.56. The number of carboxylic acids is 3. The maximum atomic E-state index is 12.1. The third-order valence-corrected chi connectivity index (χ3v) is 8.28. The first-order valence-corrected chi connectivity index (χ1v) is 22.3. The molecule has 2 unspecified atom stereocenters. The Morgan fingerprint density at radius 3 is 1.03 bits per heavy atom. The SMILES string of the molecule is CC(C)Cc1ccc(C(C)C(=O)O)cc1.Cc1ccc(C(C)C(=O)O)cc1.O=C(O)c1ccccc1O.O=N[O-].O=N[O-].O=N[O-].O=c1[nH]cc(F)c(=O)n1O.O=c1[nH]cc(F)c(=O)n1O.O[AsH]O.Oc1ccccc1O.[NH2-].[NH2-].[NH2-].[NH2-].[NH2-].[NH2-].[Pt+2].[Pt+2].[Pt+2]. The standard InChI is InChI=1S/C13H18O2.C10H12O2.C7H6O3.C6H6O2.2C4H3FN2O3.AsH3O2.3HNO2.6H2N.3Pt/c1-9(2)8-11-4-6-12(7-5-11)10(3)13(14)15;1-7-3-5-9(6-4-7)8(2)10(11)12;8-6-4-2-1-3-5(6)7(9)10;7-5-3-1-2-4-6(5)8;2*5-2-1-6-4(9)7(10)3(2)8;4*2-1-3;;;;;;;;;/h4-7,9-10H,8H2,1-3H3,(H,14,15);3-6,8H,1-2H3,(H,11,12);1-4,8H,(H,9,10);1-4,7-8H;2*1,10H,(H,6,9);1-3H;3*(H,2,3);6*1H2;;;/q;;;;;;;;;;6*-1;3*+2/p-3. The molecule has 0 spiro atoms. The Hall–Kier alpha value is -7.99. The number of aromatic nitrogens is 4. The number of aromatic amines is 2. The number of hydrogen-bond donors (Lipinski definition) is 12. The number of benzene rings is 4. The fraction of sp³-hybridized carbons (Fsp3) is 0.205. The van der Waals surface area contributed by atoms with Crippen LogP contribution >= 0.6 is 0 Å². The van der Waals surface area contributed by atoms with Crippen molar-refractivity contribution in [2.75, 3.05) is 0 Å². The molecular formula is C44H63AsF2N13O23Pt3-3. The predicted molar refractivity (Wildman–Crippen MR) is 301 cm³/mol. The number of carboxylic acid groups (broad SMARTS) is 3. The Kier molecular flexibility index (Phi) is 82.2. The van der Waals surface area contributed by atoms with E-state index in [4.69, 9.17) is 79.6 Å². The topological polar surface area (TPSA) is 722 Å². The predicted octanol–water partition coefficient (Wildman–Crippen LogP) is 8.55. The number of phenols is 3. The summed E-state index contributed by atoms with van der Waals surface area (Å²) >= 11 is -1.50. The number of aryl methyl sites for hydroxylation is 1. The minimum absolute atomic E-state index is 0. The number of H-pyrrole nitrogens is 2. The number of aliphatic carboxylic acids is 2. The van der Waals surface area contributed by atoms with Crippen molar-refractivity contribution in [2.45, 2.75) is 52.9 Å². The second-order valence-electron chi connectivity index (χ2n) is 14.1. The van der Waals surface area contributed by atoms with Gasteiger partial charge in [0.05, 0.1) is 11.8 Å². The summed E-state index contributed by atoms with van der Waals surface area (Å²) in [6.07, 6.45) is 2.20. The average Bonchev–Trinajstić information content (AvgIpc) is 3.38. The molecule has 0 fully saturated rings. The second kappa shape index (κ2) is 64.6. The van der Waals surface area contributed by atoms with Crippen molar-refractivity contribution in [3.8, 4) is 17.2 Å². The van der Waals surface area contributed by atoms with Crippen LogP contribution in [-0.2, 0) is 79.2 Å². The molecule has 42 heteroatoms. The molecule has 0 aliphatic heterocycles. The van der Waals surface area contributed by atoms with E-state index >= 15 is 0 Å². The molecule has 494 valence electrons. The van der Waals surface area contributed by atoms with Crippen molar-refractivity contribution in [1.29, 1.82) is 0 Å². The fourth-order valence-corrected chi connectivity index (χ4v) is 4.56. The van der Waals surface area contributed by atoms with Crippen LogP contribution in [0.4, 0.5) is 8.78 Å². The molecule has 2 atom stereocenters. The van der Waals surface area contributed by atoms with Crippen LogP contribution in [-0.4, -0.2) is 103 Å². The van der Waals surface area contributed by atoms with E-state index in [0.29, 0.717) is 18.3 Å². The maximum absolute atomic E-state index is 12.1. The van der Waals surface area contributed by atoms with Crippen molar-refractivity contribution in [2.24, 2.45) is 21.9 Å². The molecule has 2 aromatic heterocycles. The van der Waals surface area contributed by atoms with E-state index in [0.717, 1.165) is 39.1 Å². The summed E-state index contributed by atoms with van der Waals surface area (Å²) < 4.78 is 38.0. The summed E-state index contributed by atoms with van der Waals surface area (Å²) in [5.41, 5.74) is -0.765. The Morgan fingerprint density at radius 2 is 0.814 bits per heavy atom. The summed E-state index contributed by atoms with van der Waals surface area (Å²) in [7, 11) is 0. The number of aromatic carboxylic acids is 1. The van der Waals surface area contributed by atoms with Gasteiger partial charge >= 0.3 is 128 Å². The molecule has 0 saturated carbocycles. The molecule has 0 saturated heterocycles. The molecule has 0 aliphatic rings. The van der Waals surface area contributed by atoms with Crippen molar-refractivity contribution in [3.63, 3.8) is 0 Å². The number of hydrogen-bond acceptors (Lipinski definition) is 23. The first-order valence-electron chi connectivity index (χ1n) is 20.4. The molecule has 6 aromatic rings. The van der Waals surface area contributed by atoms with Crippen LogP contribution in [0.5, 0.6) is 17.2 Å². The molecule has 0 aliphatic carbocycles. The van der Waals surface area contributed by atoms with Crippen molar-refractivity contribution >= 4 is 34.3 Å². The van der Waals surface area contributed by atoms with Crippen LogP contribution in [0, 0.1) is 54.8 Å². The third-order valence-electron chi connectivity index (χ3n) is 8.28. The number of nitrogens with zero attached hydrogens (tertiary/aromatic N) is 5. The van der Waals surface area contributed by atoms with E-state index in [9.17, 15) is 42.3 Å². The second-order valence-corrected chi connectivity index (χ2v) is 14.5. The summed E-state index contributed by atoms with van der Waals surface area (Å²) in [5.74, 6) is -5.63. The molecule has 24 N–H and O–H groups in total. The summed E-state index contributed by atoms with van der Waals surface area (Å²) in [5, 5.41) is 96.0. The molecule has 0 radical (unpaired) electrons. The molecular weight excluding hydrogens is 1780 g/mol. The van der Waals surface area contributed by atoms with Gasteiger partial charge < -0.3 is 118 Å². The molecule has 86 heavy (non-hydrogen) atoms. The number of halogens is 2. The number of phenolic OH excluding ortho intramolecular Hbond substituents is 2. The van der Waals surface area contributed by atoms with Crippen LogP contribution in [0.2, 0.25) is 0 Å². The van der Waals surface area contributed by atoms with Gasteiger partial charge in [0.1, 0.15) is 11.3 Å². The van der Waals surface area contributed by atoms with Crippen LogP contribution < -0.4 is 22.5 Å². The molecule has 0 bridgehead atoms. The summed E-state index contributed by atoms with van der Waals surface area (Å²) in [4.78, 5) is 100. The van der Waals surface area contributed by atoms with E-state index in [1.54, 1.807) is 48.1 Å². The van der Waals surface area contributed by atoms with Crippen LogP contribution in [0.3, 0.4) is 0 Å². The first-order chi connectivity index (χ1) is 36.0. The summed E-state index contributed by atoms with van der Waals surface area (Å²) in [6, 6.07) is 27.4. The number of rotatable bonds is 7. The van der Waals surface area contributed by atoms with E-state index < -0.39 is 80.3 Å². The van der Waals surface area contributed by atoms with E-state index in [-0.39, 0.29) is 132 Å². The molecule has 36 nitrogen and oxygen atoms in total. The Labute approximate surface area is 536 Å². The number of aromatic hydroxyl groups is 3. The van der Waals surface area contributed by atoms with Crippen molar-refractivity contribution < 1.29 is 136 Å². The Morgan fingerprint density at radius 1 is 0.547 bits per heavy atom. The van der Waals surface area contributed by atoms with Gasteiger partial charge in [-0.15, -0.1) is 16.0 Å². The largest absolute Gasteiger partial charge is 2.00 e. The van der Waals surface area contributed by atoms with Crippen LogP contribution in [0.1, 0.15) is 72.1 Å². The Bertz CT molecular complexity index is 2850. The van der Waals surface area contributed by atoms with Gasteiger partial charge in [0.2, 0.25) is 11.6 Å². The smallest absolute Gasteiger partial charge is 0.693 e. The van der Waals surface area contributed by atoms with Gasteiger partial charge in [-0.2, -0.15) is 8.78 Å². The van der Waals surface area contributed by atoms with Crippen LogP contribution in [0.15, 0.2) is 145 Å². The average molecular weight is 1840 g/mol. The minimum atomic E-state index is -1.50. The first kappa shape index (κ1) is 109. The van der Waals surface area contributed by atoms with Crippen LogP contribution in [0.25, 0.3) is 36.9 Å². The number of carbonyl (C=O) groups is 3. The molecule has 2 heterocycles. The zero-order valence-corrected chi connectivity index (χ0v) is 53.9. The van der Waals surface area contributed by atoms with Gasteiger partial charge in [-0.3, -0.25) is 19.2 Å². The zero-order valence-electron chi connectivity index (χ0n) is 45.0. The maximum Gasteiger partial charge on any atom is 2.00 e. The molecule has 0 amide bonds. The number of nitrogens with one attached hydrogen (secondary N) is 2. The number of para-hydroxylation sites is 3. The van der Waals surface area contributed by atoms with Gasteiger partial charge in [-0.05, 0) is 74.1 Å². The van der Waals surface area contributed by atoms with Gasteiger partial charge in [0.15, 0.2) is 11.5 Å². The zero-order chi connectivity index (χ0) is 60.4. The molecule has 6 rings (SSSR count). The van der Waals surface area contributed by atoms with Gasteiger partial charge in [-0.25, -0.2) is 14.4 Å². The van der Waals surface area contributed by atoms with Gasteiger partial charge in [0, 0.05) is 12.4 Å². The van der Waals surface area contributed by atoms with Gasteiger partial charge in [-0.1, -0.05) is 102 Å². The van der Waals surface area contributed by atoms with E-state index in [1.807, 2.05) is 55.5 Å². The quantitative estimate of drug-likeness (QED) is 0.0234. The summed E-state index contributed by atoms with van der Waals surface area (Å²) in [6.45, 7) is 9.73. The normalized spacial score (nSPS) is 8.77. The minimum Gasteiger partial charge on any atom is -0.693 e. The van der Waals surface area contributed by atoms with Crippen molar-refractivity contribution in [1.82, 2.24) is 19.4 Å². The van der Waals surface area contributed by atoms with E-state index in [1.165, 1.54) is 29.8 Å². The van der Waals surface area contributed by atoms with Gasteiger partial charge in [0.25, 0.3) is 0 Å². The Balaban J connectivity index is -0.0000000642. The van der Waals surface area contributed by atoms with E-state index in [2.05, 4.69) is 13.8 Å². The van der Waals surface area contributed by atoms with Crippen molar-refractivity contribution in [3.05, 3.63) is 258 Å². The monoisotopic (exact) mass is 1840 g/mol. The number of nitrogens with two attached hydrogens (primary N) is 6. The molecule has 4 aromatic carbocycles. The third kappa shape index (κ3) is 50.5.